The van der Waals surface area contributed by atoms with Crippen LogP contribution in [0.5, 0.6) is 11.5 Å². The van der Waals surface area contributed by atoms with E-state index in [4.69, 9.17) is 9.47 Å². The maximum absolute atomic E-state index is 12.4. The maximum Gasteiger partial charge on any atom is 0.269 e. The number of amides is 1. The van der Waals surface area contributed by atoms with E-state index in [0.717, 1.165) is 9.13 Å². The van der Waals surface area contributed by atoms with Gasteiger partial charge in [-0.2, -0.15) is 0 Å². The third-order valence-corrected chi connectivity index (χ3v) is 6.28. The van der Waals surface area contributed by atoms with Gasteiger partial charge in [0.05, 0.1) is 20.0 Å². The first-order chi connectivity index (χ1) is 14.8. The van der Waals surface area contributed by atoms with Gasteiger partial charge >= 0.3 is 0 Å². The molecular formula is C21H20IN3O5S. The lowest BCUT2D eigenvalue weighted by atomic mass is 10.1. The lowest BCUT2D eigenvalue weighted by Gasteiger charge is -2.15. The summed E-state index contributed by atoms with van der Waals surface area (Å²) >= 11 is 3.47. The Balaban J connectivity index is 1.87. The highest BCUT2D eigenvalue weighted by atomic mass is 127. The van der Waals surface area contributed by atoms with Crippen LogP contribution in [-0.4, -0.2) is 41.6 Å². The van der Waals surface area contributed by atoms with Crippen molar-refractivity contribution >= 4 is 57.2 Å². The zero-order valence-corrected chi connectivity index (χ0v) is 20.1. The van der Waals surface area contributed by atoms with E-state index in [1.165, 1.54) is 28.8 Å². The molecule has 1 fully saturated rings. The monoisotopic (exact) mass is 553 g/mol. The Morgan fingerprint density at radius 1 is 1.29 bits per heavy atom. The van der Waals surface area contributed by atoms with Crippen LogP contribution in [0.3, 0.4) is 0 Å². The molecule has 0 unspecified atom stereocenters. The van der Waals surface area contributed by atoms with Crippen LogP contribution in [0.15, 0.2) is 46.3 Å². The Kier molecular flexibility index (Phi) is 7.55. The largest absolute Gasteiger partial charge is 0.490 e. The van der Waals surface area contributed by atoms with Gasteiger partial charge in [0, 0.05) is 26.2 Å². The van der Waals surface area contributed by atoms with E-state index in [-0.39, 0.29) is 18.2 Å². The molecule has 0 N–H and O–H groups in total. The minimum atomic E-state index is -0.435. The molecular weight excluding hydrogens is 533 g/mol. The standard InChI is InChI=1S/C21H20IN3O5S/c1-4-29-17-10-14(11-18-20(26)24(3)21(23-2)31-18)9-16(22)19(17)30-12-13-6-5-7-15(8-13)25(27)28/h5-11H,4,12H2,1-3H3/b18-11+,23-21?. The molecule has 2 aromatic carbocycles. The van der Waals surface area contributed by atoms with Crippen LogP contribution in [0.4, 0.5) is 5.69 Å². The molecule has 2 aromatic rings. The van der Waals surface area contributed by atoms with E-state index in [2.05, 4.69) is 27.6 Å². The number of amidine groups is 1. The van der Waals surface area contributed by atoms with Crippen LogP contribution in [0.1, 0.15) is 18.1 Å². The zero-order chi connectivity index (χ0) is 22.5. The summed E-state index contributed by atoms with van der Waals surface area (Å²) in [6, 6.07) is 10.0. The normalized spacial score (nSPS) is 16.3. The average Bonchev–Trinajstić information content (AvgIpc) is 3.01. The number of hydrogen-bond acceptors (Lipinski definition) is 7. The summed E-state index contributed by atoms with van der Waals surface area (Å²) in [6.07, 6.45) is 1.80. The van der Waals surface area contributed by atoms with Crippen molar-refractivity contribution in [3.05, 3.63) is 66.1 Å². The lowest BCUT2D eigenvalue weighted by molar-refractivity contribution is -0.384. The molecule has 8 nitrogen and oxygen atoms in total. The third kappa shape index (κ3) is 5.37. The maximum atomic E-state index is 12.4. The number of carbonyl (C=O) groups excluding carboxylic acids is 1. The molecule has 31 heavy (non-hydrogen) atoms. The fourth-order valence-electron chi connectivity index (χ4n) is 2.89. The molecule has 0 radical (unpaired) electrons. The smallest absolute Gasteiger partial charge is 0.269 e. The van der Waals surface area contributed by atoms with Crippen LogP contribution in [0.25, 0.3) is 6.08 Å². The van der Waals surface area contributed by atoms with Gasteiger partial charge in [-0.3, -0.25) is 24.8 Å². The van der Waals surface area contributed by atoms with Crippen LogP contribution < -0.4 is 9.47 Å². The minimum Gasteiger partial charge on any atom is -0.490 e. The summed E-state index contributed by atoms with van der Waals surface area (Å²) < 4.78 is 12.5. The van der Waals surface area contributed by atoms with Crippen LogP contribution in [0.2, 0.25) is 0 Å². The highest BCUT2D eigenvalue weighted by Gasteiger charge is 2.29. The predicted octanol–water partition coefficient (Wildman–Crippen LogP) is 4.71. The molecule has 10 heteroatoms. The van der Waals surface area contributed by atoms with E-state index >= 15 is 0 Å². The average molecular weight is 553 g/mol. The Morgan fingerprint density at radius 3 is 2.71 bits per heavy atom. The molecule has 0 atom stereocenters. The molecule has 1 amide bonds. The Labute approximate surface area is 197 Å². The van der Waals surface area contributed by atoms with Crippen LogP contribution in [-0.2, 0) is 11.4 Å². The molecule has 162 valence electrons. The van der Waals surface area contributed by atoms with Gasteiger partial charge in [-0.05, 0) is 70.6 Å². The molecule has 0 bridgehead atoms. The molecule has 0 saturated carbocycles. The zero-order valence-electron chi connectivity index (χ0n) is 17.1. The third-order valence-electron chi connectivity index (χ3n) is 4.33. The highest BCUT2D eigenvalue weighted by Crippen LogP contribution is 2.37. The summed E-state index contributed by atoms with van der Waals surface area (Å²) in [4.78, 5) is 29.2. The number of hydrogen-bond donors (Lipinski definition) is 0. The van der Waals surface area contributed by atoms with Crippen molar-refractivity contribution in [2.75, 3.05) is 20.7 Å². The summed E-state index contributed by atoms with van der Waals surface area (Å²) in [7, 11) is 3.34. The number of nitro groups is 1. The summed E-state index contributed by atoms with van der Waals surface area (Å²) in [5.41, 5.74) is 1.50. The number of rotatable bonds is 7. The van der Waals surface area contributed by atoms with Gasteiger partial charge in [-0.15, -0.1) is 0 Å². The van der Waals surface area contributed by atoms with Crippen molar-refractivity contribution < 1.29 is 19.2 Å². The SMILES string of the molecule is CCOc1cc(/C=C2/SC(=NC)N(C)C2=O)cc(I)c1OCc1cccc([N+](=O)[O-])c1. The van der Waals surface area contributed by atoms with Gasteiger partial charge in [-0.1, -0.05) is 12.1 Å². The topological polar surface area (TPSA) is 94.3 Å². The van der Waals surface area contributed by atoms with Crippen LogP contribution >= 0.6 is 34.4 Å². The van der Waals surface area contributed by atoms with Gasteiger partial charge in [0.2, 0.25) is 0 Å². The summed E-state index contributed by atoms with van der Waals surface area (Å²) in [5, 5.41) is 11.6. The second kappa shape index (κ2) is 10.1. The Hall–Kier alpha value is -2.60. The van der Waals surface area contributed by atoms with Crippen molar-refractivity contribution in [3.63, 3.8) is 0 Å². The van der Waals surface area contributed by atoms with Gasteiger partial charge < -0.3 is 9.47 Å². The number of nitro benzene ring substituents is 1. The predicted molar refractivity (Wildman–Crippen MR) is 129 cm³/mol. The molecule has 0 spiro atoms. The molecule has 0 aliphatic carbocycles. The molecule has 1 heterocycles. The number of thioether (sulfide) groups is 1. The van der Waals surface area contributed by atoms with E-state index in [9.17, 15) is 14.9 Å². The van der Waals surface area contributed by atoms with E-state index in [1.54, 1.807) is 32.3 Å². The van der Waals surface area contributed by atoms with E-state index in [0.29, 0.717) is 33.7 Å². The number of aliphatic imine (C=N–C) groups is 1. The number of carbonyl (C=O) groups is 1. The molecule has 0 aromatic heterocycles. The molecule has 1 aliphatic heterocycles. The number of halogens is 1. The molecule has 1 saturated heterocycles. The lowest BCUT2D eigenvalue weighted by Crippen LogP contribution is -2.23. The second-order valence-corrected chi connectivity index (χ2v) is 8.63. The minimum absolute atomic E-state index is 0.0153. The quantitative estimate of drug-likeness (QED) is 0.214. The first-order valence-corrected chi connectivity index (χ1v) is 11.2. The highest BCUT2D eigenvalue weighted by molar-refractivity contribution is 14.1. The first-order valence-electron chi connectivity index (χ1n) is 9.31. The fourth-order valence-corrected chi connectivity index (χ4v) is 4.60. The molecule has 3 rings (SSSR count). The van der Waals surface area contributed by atoms with Crippen molar-refractivity contribution in [1.29, 1.82) is 0 Å². The number of non-ortho nitro benzene ring substituents is 1. The molecule has 1 aliphatic rings. The van der Waals surface area contributed by atoms with Gasteiger partial charge in [0.15, 0.2) is 16.7 Å². The summed E-state index contributed by atoms with van der Waals surface area (Å²) in [5.74, 6) is 0.985. The van der Waals surface area contributed by atoms with Crippen molar-refractivity contribution in [2.45, 2.75) is 13.5 Å². The van der Waals surface area contributed by atoms with Crippen molar-refractivity contribution in [2.24, 2.45) is 4.99 Å². The van der Waals surface area contributed by atoms with E-state index < -0.39 is 4.92 Å². The van der Waals surface area contributed by atoms with E-state index in [1.807, 2.05) is 19.1 Å². The number of nitrogens with zero attached hydrogens (tertiary/aromatic N) is 3. The number of likely N-dealkylation sites (N-methyl/N-ethyl adjacent to an activating group) is 1. The summed E-state index contributed by atoms with van der Waals surface area (Å²) in [6.45, 7) is 2.47. The fraction of sp³-hybridized carbons (Fsp3) is 0.238. The number of benzene rings is 2. The Bertz CT molecular complexity index is 1090. The second-order valence-electron chi connectivity index (χ2n) is 6.46. The number of ether oxygens (including phenoxy) is 2. The van der Waals surface area contributed by atoms with Gasteiger partial charge in [0.25, 0.3) is 11.6 Å². The first kappa shape index (κ1) is 23.1. The van der Waals surface area contributed by atoms with Crippen molar-refractivity contribution in [3.8, 4) is 11.5 Å². The Morgan fingerprint density at radius 2 is 2.06 bits per heavy atom. The van der Waals surface area contributed by atoms with Gasteiger partial charge in [0.1, 0.15) is 6.61 Å². The van der Waals surface area contributed by atoms with Crippen LogP contribution in [0, 0.1) is 13.7 Å². The van der Waals surface area contributed by atoms with Gasteiger partial charge in [-0.25, -0.2) is 0 Å². The van der Waals surface area contributed by atoms with Crippen molar-refractivity contribution in [1.82, 2.24) is 4.90 Å².